The van der Waals surface area contributed by atoms with E-state index >= 15 is 0 Å². The van der Waals surface area contributed by atoms with Crippen LogP contribution in [0, 0.1) is 0 Å². The van der Waals surface area contributed by atoms with E-state index in [1.807, 2.05) is 12.1 Å². The van der Waals surface area contributed by atoms with Crippen molar-refractivity contribution >= 4 is 17.8 Å². The predicted octanol–water partition coefficient (Wildman–Crippen LogP) is 5.69. The smallest absolute Gasteiger partial charge is 0.343 e. The third-order valence-corrected chi connectivity index (χ3v) is 6.02. The highest BCUT2D eigenvalue weighted by molar-refractivity contribution is 6.07. The summed E-state index contributed by atoms with van der Waals surface area (Å²) in [4.78, 5) is 37.3. The number of carbonyl (C=O) groups is 3. The van der Waals surface area contributed by atoms with Crippen LogP contribution in [0.4, 0.5) is 0 Å². The molecular weight excluding hydrogens is 430 g/mol. The van der Waals surface area contributed by atoms with Gasteiger partial charge in [0.25, 0.3) is 0 Å². The number of hydrogen-bond acceptors (Lipinski definition) is 5. The zero-order chi connectivity index (χ0) is 25.2. The summed E-state index contributed by atoms with van der Waals surface area (Å²) in [5.74, 6) is -2.06. The maximum absolute atomic E-state index is 12.7. The van der Waals surface area contributed by atoms with E-state index in [4.69, 9.17) is 9.47 Å². The largest absolute Gasteiger partial charge is 0.464 e. The topological polar surface area (TPSA) is 81.7 Å². The quantitative estimate of drug-likeness (QED) is 0.167. The number of unbranched alkanes of at least 4 members (excludes halogenated alkanes) is 8. The van der Waals surface area contributed by atoms with Crippen molar-refractivity contribution in [2.24, 2.45) is 0 Å². The number of carbonyl (C=O) groups excluding carboxylic acids is 3. The Kier molecular flexibility index (Phi) is 14.9. The van der Waals surface area contributed by atoms with Gasteiger partial charge >= 0.3 is 11.9 Å². The average molecular weight is 476 g/mol. The summed E-state index contributed by atoms with van der Waals surface area (Å²) in [7, 11) is 0. The van der Waals surface area contributed by atoms with Crippen molar-refractivity contribution in [1.29, 1.82) is 0 Å². The average Bonchev–Trinajstić information content (AvgIpc) is 2.81. The zero-order valence-electron chi connectivity index (χ0n) is 21.8. The minimum atomic E-state index is -1.84. The van der Waals surface area contributed by atoms with Crippen LogP contribution in [-0.4, -0.2) is 36.6 Å². The van der Waals surface area contributed by atoms with Crippen LogP contribution in [0.1, 0.15) is 103 Å². The third-order valence-electron chi connectivity index (χ3n) is 6.02. The van der Waals surface area contributed by atoms with E-state index in [1.165, 1.54) is 70.3 Å². The molecule has 0 bridgehead atoms. The zero-order valence-corrected chi connectivity index (χ0v) is 21.8. The minimum absolute atomic E-state index is 0.0713. The van der Waals surface area contributed by atoms with E-state index in [2.05, 4.69) is 24.4 Å². The summed E-state index contributed by atoms with van der Waals surface area (Å²) in [5.41, 5.74) is 0.433. The monoisotopic (exact) mass is 475 g/mol. The number of nitrogens with one attached hydrogen (secondary N) is 1. The van der Waals surface area contributed by atoms with Crippen LogP contribution in [0.5, 0.6) is 0 Å². The lowest BCUT2D eigenvalue weighted by Crippen LogP contribution is -2.61. The van der Waals surface area contributed by atoms with Crippen molar-refractivity contribution in [1.82, 2.24) is 5.32 Å². The Morgan fingerprint density at radius 3 is 1.59 bits per heavy atom. The number of amides is 1. The first-order valence-corrected chi connectivity index (χ1v) is 13.1. The molecule has 1 aromatic rings. The summed E-state index contributed by atoms with van der Waals surface area (Å²) >= 11 is 0. The molecule has 1 N–H and O–H groups in total. The van der Waals surface area contributed by atoms with Gasteiger partial charge in [-0.15, -0.1) is 0 Å². The number of aryl methyl sites for hydroxylation is 2. The van der Waals surface area contributed by atoms with Gasteiger partial charge in [-0.05, 0) is 50.7 Å². The second-order valence-electron chi connectivity index (χ2n) is 8.92. The molecule has 0 aliphatic heterocycles. The van der Waals surface area contributed by atoms with Gasteiger partial charge in [-0.25, -0.2) is 9.59 Å². The van der Waals surface area contributed by atoms with Gasteiger partial charge in [0.05, 0.1) is 13.2 Å². The van der Waals surface area contributed by atoms with Gasteiger partial charge in [0.15, 0.2) is 0 Å². The Morgan fingerprint density at radius 1 is 0.706 bits per heavy atom. The molecule has 0 saturated heterocycles. The maximum Gasteiger partial charge on any atom is 0.343 e. The molecule has 0 atom stereocenters. The third kappa shape index (κ3) is 10.7. The molecular formula is C28H45NO5. The molecule has 0 unspecified atom stereocenters. The molecule has 192 valence electrons. The van der Waals surface area contributed by atoms with Crippen molar-refractivity contribution in [2.45, 2.75) is 110 Å². The Balaban J connectivity index is 2.61. The van der Waals surface area contributed by atoms with Gasteiger partial charge < -0.3 is 14.8 Å². The fourth-order valence-electron chi connectivity index (χ4n) is 4.11. The predicted molar refractivity (Wildman–Crippen MR) is 136 cm³/mol. The maximum atomic E-state index is 12.7. The molecule has 1 rings (SSSR count). The molecule has 1 amide bonds. The van der Waals surface area contributed by atoms with E-state index < -0.39 is 23.4 Å². The van der Waals surface area contributed by atoms with Crippen LogP contribution in [0.2, 0.25) is 0 Å². The summed E-state index contributed by atoms with van der Waals surface area (Å²) in [6.45, 7) is 7.05. The van der Waals surface area contributed by atoms with Gasteiger partial charge in [0.1, 0.15) is 0 Å². The SMILES string of the molecule is CCCCCCCCCCCc1ccc(CCC(NC(C)=O)(C(=O)OCC)C(=O)OCC)cc1. The fraction of sp³-hybridized carbons (Fsp3) is 0.679. The van der Waals surface area contributed by atoms with Gasteiger partial charge in [0.2, 0.25) is 11.4 Å². The Morgan fingerprint density at radius 2 is 1.15 bits per heavy atom. The molecule has 0 heterocycles. The fourth-order valence-corrected chi connectivity index (χ4v) is 4.11. The molecule has 34 heavy (non-hydrogen) atoms. The Bertz CT molecular complexity index is 711. The van der Waals surface area contributed by atoms with Crippen LogP contribution in [0.3, 0.4) is 0 Å². The van der Waals surface area contributed by atoms with Crippen LogP contribution in [0.25, 0.3) is 0 Å². The molecule has 0 aliphatic carbocycles. The van der Waals surface area contributed by atoms with E-state index in [0.29, 0.717) is 6.42 Å². The van der Waals surface area contributed by atoms with E-state index in [0.717, 1.165) is 12.0 Å². The number of ether oxygens (including phenoxy) is 2. The van der Waals surface area contributed by atoms with Gasteiger partial charge in [0, 0.05) is 6.92 Å². The second kappa shape index (κ2) is 17.1. The first-order chi connectivity index (χ1) is 16.4. The molecule has 1 aromatic carbocycles. The van der Waals surface area contributed by atoms with E-state index in [9.17, 15) is 14.4 Å². The number of rotatable bonds is 18. The van der Waals surface area contributed by atoms with Crippen LogP contribution < -0.4 is 5.32 Å². The first-order valence-electron chi connectivity index (χ1n) is 13.1. The first kappa shape index (κ1) is 29.7. The molecule has 0 spiro atoms. The summed E-state index contributed by atoms with van der Waals surface area (Å²) in [6, 6.07) is 8.26. The van der Waals surface area contributed by atoms with Crippen molar-refractivity contribution < 1.29 is 23.9 Å². The highest BCUT2D eigenvalue weighted by Crippen LogP contribution is 2.21. The molecule has 0 aromatic heterocycles. The lowest BCUT2D eigenvalue weighted by molar-refractivity contribution is -0.168. The lowest BCUT2D eigenvalue weighted by atomic mass is 9.90. The van der Waals surface area contributed by atoms with Crippen LogP contribution >= 0.6 is 0 Å². The Hall–Kier alpha value is -2.37. The Labute approximate surface area is 206 Å². The molecule has 6 heteroatoms. The van der Waals surface area contributed by atoms with Gasteiger partial charge in [-0.3, -0.25) is 4.79 Å². The second-order valence-corrected chi connectivity index (χ2v) is 8.92. The molecule has 6 nitrogen and oxygen atoms in total. The van der Waals surface area contributed by atoms with Crippen LogP contribution in [0.15, 0.2) is 24.3 Å². The summed E-state index contributed by atoms with van der Waals surface area (Å²) < 4.78 is 10.3. The van der Waals surface area contributed by atoms with Crippen molar-refractivity contribution in [3.63, 3.8) is 0 Å². The van der Waals surface area contributed by atoms with E-state index in [1.54, 1.807) is 13.8 Å². The number of hydrogen-bond donors (Lipinski definition) is 1. The molecule has 0 aliphatic rings. The summed E-state index contributed by atoms with van der Waals surface area (Å²) in [5, 5.41) is 2.51. The van der Waals surface area contributed by atoms with Gasteiger partial charge in [-0.2, -0.15) is 0 Å². The highest BCUT2D eigenvalue weighted by atomic mass is 16.6. The van der Waals surface area contributed by atoms with Crippen molar-refractivity contribution in [3.8, 4) is 0 Å². The normalized spacial score (nSPS) is 11.2. The summed E-state index contributed by atoms with van der Waals surface area (Å²) in [6.07, 6.45) is 13.4. The number of benzene rings is 1. The van der Waals surface area contributed by atoms with Gasteiger partial charge in [-0.1, -0.05) is 82.6 Å². The highest BCUT2D eigenvalue weighted by Gasteiger charge is 2.49. The van der Waals surface area contributed by atoms with Crippen LogP contribution in [-0.2, 0) is 36.7 Å². The number of esters is 2. The van der Waals surface area contributed by atoms with Crippen molar-refractivity contribution in [3.05, 3.63) is 35.4 Å². The standard InChI is InChI=1S/C28H45NO5/c1-5-8-9-10-11-12-13-14-15-16-24-17-19-25(20-18-24)21-22-28(29-23(4)30,26(31)33-6-2)27(32)34-7-3/h17-20H,5-16,21-22H2,1-4H3,(H,29,30). The lowest BCUT2D eigenvalue weighted by Gasteiger charge is -2.29. The molecule has 0 fully saturated rings. The molecule has 0 radical (unpaired) electrons. The minimum Gasteiger partial charge on any atom is -0.464 e. The molecule has 0 saturated carbocycles. The van der Waals surface area contributed by atoms with Crippen molar-refractivity contribution in [2.75, 3.05) is 13.2 Å². The van der Waals surface area contributed by atoms with E-state index in [-0.39, 0.29) is 19.6 Å².